The molecule has 5 heteroatoms. The normalized spacial score (nSPS) is 25.8. The lowest BCUT2D eigenvalue weighted by atomic mass is 9.69. The van der Waals surface area contributed by atoms with Crippen LogP contribution in [0, 0.1) is 12.3 Å². The Hall–Kier alpha value is -1.85. The summed E-state index contributed by atoms with van der Waals surface area (Å²) in [7, 11) is -1.98. The number of rotatable bonds is 6. The molecule has 2 aromatic carbocycles. The van der Waals surface area contributed by atoms with Gasteiger partial charge in [-0.25, -0.2) is 8.42 Å². The van der Waals surface area contributed by atoms with Crippen LogP contribution in [0.2, 0.25) is 0 Å². The molecular formula is C24H32O4S. The average molecular weight is 417 g/mol. The molecule has 0 fully saturated rings. The minimum Gasteiger partial charge on any atom is -0.497 e. The van der Waals surface area contributed by atoms with Gasteiger partial charge in [0, 0.05) is 11.3 Å². The van der Waals surface area contributed by atoms with Crippen LogP contribution in [0.4, 0.5) is 0 Å². The van der Waals surface area contributed by atoms with Gasteiger partial charge in [-0.1, -0.05) is 56.5 Å². The molecule has 0 saturated heterocycles. The van der Waals surface area contributed by atoms with Gasteiger partial charge in [-0.3, -0.25) is 0 Å². The highest BCUT2D eigenvalue weighted by Gasteiger charge is 2.48. The Labute approximate surface area is 174 Å². The van der Waals surface area contributed by atoms with Crippen molar-refractivity contribution < 1.29 is 18.3 Å². The van der Waals surface area contributed by atoms with Crippen LogP contribution in [0.15, 0.2) is 47.4 Å². The van der Waals surface area contributed by atoms with Crippen molar-refractivity contribution in [3.63, 3.8) is 0 Å². The van der Waals surface area contributed by atoms with Crippen molar-refractivity contribution in [2.24, 2.45) is 5.41 Å². The van der Waals surface area contributed by atoms with E-state index in [0.29, 0.717) is 29.1 Å². The van der Waals surface area contributed by atoms with Gasteiger partial charge in [0.1, 0.15) is 5.75 Å². The van der Waals surface area contributed by atoms with E-state index in [1.54, 1.807) is 25.3 Å². The van der Waals surface area contributed by atoms with Crippen LogP contribution >= 0.6 is 0 Å². The number of ether oxygens (including phenoxy) is 1. The Balaban J connectivity index is 2.31. The summed E-state index contributed by atoms with van der Waals surface area (Å²) >= 11 is 0. The maximum Gasteiger partial charge on any atom is 0.179 e. The Morgan fingerprint density at radius 1 is 1.17 bits per heavy atom. The topological polar surface area (TPSA) is 63.6 Å². The molecular weight excluding hydrogens is 384 g/mol. The number of aryl methyl sites for hydroxylation is 1. The Bertz CT molecular complexity index is 967. The SMILES string of the molecule is CCCC[C@]1(CC)CS(=O)(=O)c2ccc(OC)cc2C(c2cccc(C)c2)[C@H]1O. The fourth-order valence-corrected chi connectivity index (χ4v) is 6.96. The highest BCUT2D eigenvalue weighted by atomic mass is 32.2. The number of sulfone groups is 1. The quantitative estimate of drug-likeness (QED) is 0.730. The van der Waals surface area contributed by atoms with E-state index in [1.807, 2.05) is 32.0 Å². The number of aliphatic hydroxyl groups is 1. The van der Waals surface area contributed by atoms with Gasteiger partial charge in [0.25, 0.3) is 0 Å². The lowest BCUT2D eigenvalue weighted by Gasteiger charge is -2.39. The molecule has 1 unspecified atom stereocenters. The number of benzene rings is 2. The molecule has 0 aromatic heterocycles. The van der Waals surface area contributed by atoms with Crippen LogP contribution in [-0.2, 0) is 9.84 Å². The molecule has 29 heavy (non-hydrogen) atoms. The monoisotopic (exact) mass is 416 g/mol. The van der Waals surface area contributed by atoms with Crippen LogP contribution < -0.4 is 4.74 Å². The molecule has 0 saturated carbocycles. The second-order valence-electron chi connectivity index (χ2n) is 8.32. The molecule has 1 heterocycles. The van der Waals surface area contributed by atoms with Crippen LogP contribution in [0.3, 0.4) is 0 Å². The molecule has 0 aliphatic carbocycles. The van der Waals surface area contributed by atoms with Crippen molar-refractivity contribution in [2.45, 2.75) is 63.4 Å². The predicted octanol–water partition coefficient (Wildman–Crippen LogP) is 4.87. The average Bonchev–Trinajstić information content (AvgIpc) is 2.77. The van der Waals surface area contributed by atoms with Crippen LogP contribution in [-0.4, -0.2) is 32.5 Å². The van der Waals surface area contributed by atoms with Crippen LogP contribution in [0.25, 0.3) is 0 Å². The van der Waals surface area contributed by atoms with E-state index in [2.05, 4.69) is 13.0 Å². The van der Waals surface area contributed by atoms with Crippen LogP contribution in [0.1, 0.15) is 62.1 Å². The number of hydrogen-bond acceptors (Lipinski definition) is 4. The Morgan fingerprint density at radius 3 is 2.55 bits per heavy atom. The zero-order chi connectivity index (χ0) is 21.2. The number of hydrogen-bond donors (Lipinski definition) is 1. The van der Waals surface area contributed by atoms with E-state index in [4.69, 9.17) is 4.74 Å². The van der Waals surface area contributed by atoms with Gasteiger partial charge in [0.2, 0.25) is 0 Å². The molecule has 4 nitrogen and oxygen atoms in total. The summed E-state index contributed by atoms with van der Waals surface area (Å²) < 4.78 is 32.3. The van der Waals surface area contributed by atoms with Crippen molar-refractivity contribution in [2.75, 3.05) is 12.9 Å². The number of fused-ring (bicyclic) bond motifs is 1. The molecule has 0 radical (unpaired) electrons. The molecule has 0 amide bonds. The number of methoxy groups -OCH3 is 1. The second-order valence-corrected chi connectivity index (χ2v) is 10.3. The van der Waals surface area contributed by atoms with Crippen molar-refractivity contribution in [1.82, 2.24) is 0 Å². The van der Waals surface area contributed by atoms with Gasteiger partial charge in [-0.05, 0) is 49.1 Å². The number of unbranched alkanes of at least 4 members (excludes halogenated alkanes) is 1. The molecule has 158 valence electrons. The zero-order valence-corrected chi connectivity index (χ0v) is 18.6. The maximum absolute atomic E-state index is 13.5. The van der Waals surface area contributed by atoms with Gasteiger partial charge in [-0.15, -0.1) is 0 Å². The third-order valence-corrected chi connectivity index (χ3v) is 8.44. The lowest BCUT2D eigenvalue weighted by molar-refractivity contribution is 0.0174. The molecule has 0 bridgehead atoms. The fraction of sp³-hybridized carbons (Fsp3) is 0.500. The number of aliphatic hydroxyl groups excluding tert-OH is 1. The minimum absolute atomic E-state index is 0.0285. The van der Waals surface area contributed by atoms with Gasteiger partial charge >= 0.3 is 0 Å². The highest BCUT2D eigenvalue weighted by Crippen LogP contribution is 2.49. The Morgan fingerprint density at radius 2 is 1.93 bits per heavy atom. The van der Waals surface area contributed by atoms with Gasteiger partial charge in [0.05, 0.1) is 23.9 Å². The minimum atomic E-state index is -3.55. The summed E-state index contributed by atoms with van der Waals surface area (Å²) in [5.74, 6) is 0.148. The zero-order valence-electron chi connectivity index (χ0n) is 17.8. The summed E-state index contributed by atoms with van der Waals surface area (Å²) in [5.41, 5.74) is 1.98. The fourth-order valence-electron chi connectivity index (χ4n) is 4.71. The van der Waals surface area contributed by atoms with Gasteiger partial charge < -0.3 is 9.84 Å². The van der Waals surface area contributed by atoms with E-state index in [1.165, 1.54) is 0 Å². The third-order valence-electron chi connectivity index (χ3n) is 6.44. The van der Waals surface area contributed by atoms with Crippen LogP contribution in [0.5, 0.6) is 5.75 Å². The molecule has 1 aliphatic heterocycles. The largest absolute Gasteiger partial charge is 0.497 e. The molecule has 1 aliphatic rings. The standard InChI is InChI=1S/C24H32O4S/c1-5-7-13-24(6-2)16-29(26,27)21-12-11-19(28-4)15-20(21)22(23(24)25)18-10-8-9-17(3)14-18/h8-12,14-15,22-23,25H,5-7,13,16H2,1-4H3/t22?,23-,24-/m1/s1. The summed E-state index contributed by atoms with van der Waals surface area (Å²) in [4.78, 5) is 0.315. The highest BCUT2D eigenvalue weighted by molar-refractivity contribution is 7.91. The predicted molar refractivity (Wildman–Crippen MR) is 116 cm³/mol. The second kappa shape index (κ2) is 8.49. The molecule has 3 atom stereocenters. The van der Waals surface area contributed by atoms with Gasteiger partial charge in [-0.2, -0.15) is 0 Å². The van der Waals surface area contributed by atoms with Crippen molar-refractivity contribution >= 4 is 9.84 Å². The van der Waals surface area contributed by atoms with Gasteiger partial charge in [0.15, 0.2) is 9.84 Å². The maximum atomic E-state index is 13.5. The summed E-state index contributed by atoms with van der Waals surface area (Å²) in [5, 5.41) is 11.8. The summed E-state index contributed by atoms with van der Waals surface area (Å²) in [6, 6.07) is 13.1. The van der Waals surface area contributed by atoms with E-state index in [9.17, 15) is 13.5 Å². The molecule has 1 N–H and O–H groups in total. The Kier molecular flexibility index (Phi) is 6.39. The summed E-state index contributed by atoms with van der Waals surface area (Å²) in [6.07, 6.45) is 2.35. The van der Waals surface area contributed by atoms with E-state index in [0.717, 1.165) is 24.0 Å². The molecule has 3 rings (SSSR count). The van der Waals surface area contributed by atoms with E-state index >= 15 is 0 Å². The molecule has 2 aromatic rings. The summed E-state index contributed by atoms with van der Waals surface area (Å²) in [6.45, 7) is 6.11. The first-order valence-corrected chi connectivity index (χ1v) is 12.1. The van der Waals surface area contributed by atoms with Crippen molar-refractivity contribution in [1.29, 1.82) is 0 Å². The van der Waals surface area contributed by atoms with Crippen molar-refractivity contribution in [3.05, 3.63) is 59.2 Å². The first-order valence-electron chi connectivity index (χ1n) is 10.4. The lowest BCUT2D eigenvalue weighted by Crippen LogP contribution is -2.42. The van der Waals surface area contributed by atoms with E-state index in [-0.39, 0.29) is 5.75 Å². The first kappa shape index (κ1) is 21.8. The first-order chi connectivity index (χ1) is 13.8. The molecule has 0 spiro atoms. The van der Waals surface area contributed by atoms with Crippen molar-refractivity contribution in [3.8, 4) is 5.75 Å². The smallest absolute Gasteiger partial charge is 0.179 e. The van der Waals surface area contributed by atoms with E-state index < -0.39 is 27.3 Å². The third kappa shape index (κ3) is 4.08.